The van der Waals surface area contributed by atoms with Gasteiger partial charge in [-0.1, -0.05) is 26.0 Å². The summed E-state index contributed by atoms with van der Waals surface area (Å²) in [6, 6.07) is 10.4. The van der Waals surface area contributed by atoms with Gasteiger partial charge in [-0.05, 0) is 37.6 Å². The van der Waals surface area contributed by atoms with Gasteiger partial charge < -0.3 is 10.1 Å². The summed E-state index contributed by atoms with van der Waals surface area (Å²) in [6.45, 7) is 8.29. The minimum Gasteiger partial charge on any atom is -0.438 e. The molecule has 0 aliphatic heterocycles. The van der Waals surface area contributed by atoms with Gasteiger partial charge in [0, 0.05) is 24.3 Å². The van der Waals surface area contributed by atoms with Crippen molar-refractivity contribution in [2.75, 3.05) is 0 Å². The van der Waals surface area contributed by atoms with E-state index in [1.165, 1.54) is 11.3 Å². The first-order chi connectivity index (χ1) is 13.0. The average molecular weight is 379 g/mol. The lowest BCUT2D eigenvalue weighted by atomic mass is 10.2. The standard InChI is InChI=1S/C21H22N4OS/c1-13(2)24-14(3)5-6-16-7-10-20(23-12-16)26-19-9-8-18-21(17(19)11-22)27-15(4)25-18/h5-10,12-14,24H,1-4H3/b6-5+/t14-/m0/s1. The van der Waals surface area contributed by atoms with Gasteiger partial charge in [0.25, 0.3) is 0 Å². The van der Waals surface area contributed by atoms with Gasteiger partial charge in [-0.2, -0.15) is 5.26 Å². The van der Waals surface area contributed by atoms with Crippen LogP contribution in [-0.2, 0) is 0 Å². The highest BCUT2D eigenvalue weighted by atomic mass is 32.1. The Morgan fingerprint density at radius 3 is 2.70 bits per heavy atom. The highest BCUT2D eigenvalue weighted by Gasteiger charge is 2.13. The van der Waals surface area contributed by atoms with Gasteiger partial charge in [0.05, 0.1) is 15.2 Å². The normalized spacial score (nSPS) is 12.6. The molecule has 138 valence electrons. The van der Waals surface area contributed by atoms with E-state index < -0.39 is 0 Å². The van der Waals surface area contributed by atoms with E-state index in [0.717, 1.165) is 20.8 Å². The minimum atomic E-state index is 0.286. The summed E-state index contributed by atoms with van der Waals surface area (Å²) in [5, 5.41) is 13.9. The molecule has 1 N–H and O–H groups in total. The molecular formula is C21H22N4OS. The number of aryl methyl sites for hydroxylation is 1. The number of nitriles is 1. The number of benzene rings is 1. The highest BCUT2D eigenvalue weighted by Crippen LogP contribution is 2.33. The van der Waals surface area contributed by atoms with Crippen LogP contribution in [0.25, 0.3) is 16.3 Å². The Labute approximate surface area is 163 Å². The fraction of sp³-hybridized carbons (Fsp3) is 0.286. The van der Waals surface area contributed by atoms with E-state index in [1.807, 2.05) is 31.2 Å². The van der Waals surface area contributed by atoms with Crippen molar-refractivity contribution in [1.29, 1.82) is 5.26 Å². The molecule has 0 fully saturated rings. The van der Waals surface area contributed by atoms with E-state index in [-0.39, 0.29) is 6.04 Å². The van der Waals surface area contributed by atoms with Gasteiger partial charge >= 0.3 is 0 Å². The maximum Gasteiger partial charge on any atom is 0.219 e. The summed E-state index contributed by atoms with van der Waals surface area (Å²) in [4.78, 5) is 8.78. The first-order valence-electron chi connectivity index (χ1n) is 8.84. The molecular weight excluding hydrogens is 356 g/mol. The Bertz CT molecular complexity index is 999. The van der Waals surface area contributed by atoms with E-state index in [2.05, 4.69) is 48.2 Å². The van der Waals surface area contributed by atoms with E-state index in [0.29, 0.717) is 23.2 Å². The van der Waals surface area contributed by atoms with Gasteiger partial charge in [-0.15, -0.1) is 11.3 Å². The Kier molecular flexibility index (Phi) is 5.84. The monoisotopic (exact) mass is 378 g/mol. The number of hydrogen-bond acceptors (Lipinski definition) is 6. The van der Waals surface area contributed by atoms with Crippen LogP contribution < -0.4 is 10.1 Å². The first-order valence-corrected chi connectivity index (χ1v) is 9.66. The molecule has 3 aromatic rings. The number of thiazole rings is 1. The number of aromatic nitrogens is 2. The molecule has 0 spiro atoms. The van der Waals surface area contributed by atoms with Crippen LogP contribution in [0.4, 0.5) is 0 Å². The molecule has 1 atom stereocenters. The molecule has 0 aliphatic rings. The number of nitrogens with zero attached hydrogens (tertiary/aromatic N) is 3. The van der Waals surface area contributed by atoms with Crippen molar-refractivity contribution < 1.29 is 4.74 Å². The Morgan fingerprint density at radius 2 is 2.04 bits per heavy atom. The molecule has 27 heavy (non-hydrogen) atoms. The summed E-state index contributed by atoms with van der Waals surface area (Å²) in [7, 11) is 0. The van der Waals surface area contributed by atoms with Gasteiger partial charge in [0.1, 0.15) is 17.4 Å². The third kappa shape index (κ3) is 4.70. The van der Waals surface area contributed by atoms with Crippen molar-refractivity contribution in [3.05, 3.63) is 52.7 Å². The number of pyridine rings is 1. The van der Waals surface area contributed by atoms with Crippen LogP contribution >= 0.6 is 11.3 Å². The lowest BCUT2D eigenvalue weighted by Crippen LogP contribution is -2.30. The van der Waals surface area contributed by atoms with Gasteiger partial charge in [0.2, 0.25) is 5.88 Å². The van der Waals surface area contributed by atoms with Crippen molar-refractivity contribution >= 4 is 27.6 Å². The highest BCUT2D eigenvalue weighted by molar-refractivity contribution is 7.18. The topological polar surface area (TPSA) is 70.8 Å². The second kappa shape index (κ2) is 8.30. The van der Waals surface area contributed by atoms with Crippen LogP contribution in [0, 0.1) is 18.3 Å². The zero-order valence-corrected chi connectivity index (χ0v) is 16.7. The predicted octanol–water partition coefficient (Wildman–Crippen LogP) is 5.06. The molecule has 0 bridgehead atoms. The third-order valence-electron chi connectivity index (χ3n) is 3.89. The van der Waals surface area contributed by atoms with Crippen molar-refractivity contribution in [3.8, 4) is 17.7 Å². The van der Waals surface area contributed by atoms with Crippen molar-refractivity contribution in [1.82, 2.24) is 15.3 Å². The minimum absolute atomic E-state index is 0.286. The zero-order chi connectivity index (χ0) is 19.4. The molecule has 6 heteroatoms. The van der Waals surface area contributed by atoms with Crippen molar-refractivity contribution in [2.24, 2.45) is 0 Å². The van der Waals surface area contributed by atoms with Gasteiger partial charge in [-0.3, -0.25) is 0 Å². The lowest BCUT2D eigenvalue weighted by molar-refractivity contribution is 0.462. The van der Waals surface area contributed by atoms with Crippen LogP contribution in [-0.4, -0.2) is 22.1 Å². The summed E-state index contributed by atoms with van der Waals surface area (Å²) in [5.41, 5.74) is 2.31. The number of fused-ring (bicyclic) bond motifs is 1. The molecule has 1 aromatic carbocycles. The van der Waals surface area contributed by atoms with Crippen LogP contribution in [0.2, 0.25) is 0 Å². The van der Waals surface area contributed by atoms with Gasteiger partial charge in [-0.25, -0.2) is 9.97 Å². The molecule has 2 aromatic heterocycles. The molecule has 0 unspecified atom stereocenters. The molecule has 0 saturated carbocycles. The molecule has 0 amide bonds. The average Bonchev–Trinajstić information content (AvgIpc) is 3.01. The molecule has 2 heterocycles. The maximum absolute atomic E-state index is 9.55. The van der Waals surface area contributed by atoms with E-state index in [1.54, 1.807) is 12.3 Å². The number of nitrogens with one attached hydrogen (secondary N) is 1. The predicted molar refractivity (Wildman–Crippen MR) is 110 cm³/mol. The van der Waals surface area contributed by atoms with Crippen molar-refractivity contribution in [3.63, 3.8) is 0 Å². The molecule has 5 nitrogen and oxygen atoms in total. The number of rotatable bonds is 6. The summed E-state index contributed by atoms with van der Waals surface area (Å²) >= 11 is 1.49. The summed E-state index contributed by atoms with van der Waals surface area (Å²) in [6.07, 6.45) is 5.89. The van der Waals surface area contributed by atoms with Crippen molar-refractivity contribution in [2.45, 2.75) is 39.8 Å². The number of hydrogen-bond donors (Lipinski definition) is 1. The van der Waals surface area contributed by atoms with E-state index in [4.69, 9.17) is 4.74 Å². The van der Waals surface area contributed by atoms with Crippen LogP contribution in [0.1, 0.15) is 36.9 Å². The third-order valence-corrected chi connectivity index (χ3v) is 4.89. The number of ether oxygens (including phenoxy) is 1. The van der Waals surface area contributed by atoms with Gasteiger partial charge in [0.15, 0.2) is 0 Å². The molecule has 0 radical (unpaired) electrons. The summed E-state index contributed by atoms with van der Waals surface area (Å²) < 4.78 is 6.71. The fourth-order valence-electron chi connectivity index (χ4n) is 2.78. The van der Waals surface area contributed by atoms with Crippen LogP contribution in [0.3, 0.4) is 0 Å². The van der Waals surface area contributed by atoms with Crippen LogP contribution in [0.5, 0.6) is 11.6 Å². The molecule has 0 saturated heterocycles. The van der Waals surface area contributed by atoms with Crippen LogP contribution in [0.15, 0.2) is 36.5 Å². The lowest BCUT2D eigenvalue weighted by Gasteiger charge is -2.12. The van der Waals surface area contributed by atoms with E-state index in [9.17, 15) is 5.26 Å². The smallest absolute Gasteiger partial charge is 0.219 e. The SMILES string of the molecule is Cc1nc2ccc(Oc3ccc(/C=C/[C@H](C)NC(C)C)cn3)c(C#N)c2s1. The first kappa shape index (κ1) is 19.0. The van der Waals surface area contributed by atoms with E-state index >= 15 is 0 Å². The fourth-order valence-corrected chi connectivity index (χ4v) is 3.68. The second-order valence-corrected chi connectivity index (χ2v) is 7.84. The molecule has 0 aliphatic carbocycles. The largest absolute Gasteiger partial charge is 0.438 e. The second-order valence-electron chi connectivity index (χ2n) is 6.63. The maximum atomic E-state index is 9.55. The molecule has 3 rings (SSSR count). The Balaban J connectivity index is 1.76. The Morgan fingerprint density at radius 1 is 1.22 bits per heavy atom. The quantitative estimate of drug-likeness (QED) is 0.649. The Hall–Kier alpha value is -2.75. The zero-order valence-electron chi connectivity index (χ0n) is 15.9. The summed E-state index contributed by atoms with van der Waals surface area (Å²) in [5.74, 6) is 0.955.